The monoisotopic (exact) mass is 546 g/mol. The standard InChI is InChI=1S/C25H27ClN4O6S/c26-21-9-7-18(37(34,35)29-10-12-36-13-11-29)15-22(21)28-25(33)27-16-6-8-19-20(14-16)24(32)30(23(19)31)17-4-2-1-3-5-17/h6-9,14-15,17H,1-5,10-13H2,(H2,27,28,33). The van der Waals surface area contributed by atoms with Gasteiger partial charge in [-0.1, -0.05) is 30.9 Å². The number of hydrogen-bond donors (Lipinski definition) is 2. The van der Waals surface area contributed by atoms with Gasteiger partial charge in [-0.05, 0) is 49.2 Å². The Hall–Kier alpha value is -2.99. The average molecular weight is 547 g/mol. The molecule has 0 spiro atoms. The number of imide groups is 1. The number of rotatable bonds is 5. The lowest BCUT2D eigenvalue weighted by molar-refractivity contribution is 0.0549. The summed E-state index contributed by atoms with van der Waals surface area (Å²) in [5.41, 5.74) is 1.01. The Morgan fingerprint density at radius 2 is 1.62 bits per heavy atom. The number of amides is 4. The van der Waals surface area contributed by atoms with E-state index in [9.17, 15) is 22.8 Å². The number of benzene rings is 2. The Balaban J connectivity index is 1.30. The van der Waals surface area contributed by atoms with E-state index in [4.69, 9.17) is 16.3 Å². The molecule has 2 fully saturated rings. The maximum absolute atomic E-state index is 13.0. The predicted octanol–water partition coefficient (Wildman–Crippen LogP) is 3.93. The van der Waals surface area contributed by atoms with Crippen LogP contribution in [0.15, 0.2) is 41.3 Å². The van der Waals surface area contributed by atoms with Crippen molar-refractivity contribution in [2.45, 2.75) is 43.0 Å². The van der Waals surface area contributed by atoms with E-state index < -0.39 is 16.1 Å². The predicted molar refractivity (Wildman–Crippen MR) is 137 cm³/mol. The molecule has 0 atom stereocenters. The molecule has 1 saturated carbocycles. The van der Waals surface area contributed by atoms with Gasteiger partial charge in [-0.25, -0.2) is 13.2 Å². The van der Waals surface area contributed by atoms with Crippen LogP contribution in [-0.2, 0) is 14.8 Å². The van der Waals surface area contributed by atoms with Crippen LogP contribution in [0.25, 0.3) is 0 Å². The molecule has 2 N–H and O–H groups in total. The molecule has 0 aromatic heterocycles. The summed E-state index contributed by atoms with van der Waals surface area (Å²) in [6, 6.07) is 7.90. The normalized spacial score (nSPS) is 19.1. The van der Waals surface area contributed by atoms with Crippen LogP contribution >= 0.6 is 11.6 Å². The second-order valence-electron chi connectivity index (χ2n) is 9.27. The van der Waals surface area contributed by atoms with Gasteiger partial charge in [0, 0.05) is 24.8 Å². The number of sulfonamides is 1. The lowest BCUT2D eigenvalue weighted by Gasteiger charge is -2.29. The summed E-state index contributed by atoms with van der Waals surface area (Å²) in [5.74, 6) is -0.645. The van der Waals surface area contributed by atoms with Crippen LogP contribution in [0.3, 0.4) is 0 Å². The van der Waals surface area contributed by atoms with Gasteiger partial charge in [0.25, 0.3) is 11.8 Å². The third kappa shape index (κ3) is 5.08. The summed E-state index contributed by atoms with van der Waals surface area (Å²) in [4.78, 5) is 40.0. The average Bonchev–Trinajstić information content (AvgIpc) is 3.15. The number of halogens is 1. The van der Waals surface area contributed by atoms with Gasteiger partial charge in [0.05, 0.1) is 39.9 Å². The van der Waals surface area contributed by atoms with E-state index >= 15 is 0 Å². The minimum Gasteiger partial charge on any atom is -0.379 e. The van der Waals surface area contributed by atoms with Crippen LogP contribution in [0.5, 0.6) is 0 Å². The highest BCUT2D eigenvalue weighted by Gasteiger charge is 2.40. The molecule has 0 unspecified atom stereocenters. The minimum atomic E-state index is -3.78. The number of morpholine rings is 1. The number of anilines is 2. The summed E-state index contributed by atoms with van der Waals surface area (Å²) in [7, 11) is -3.78. The molecule has 2 aromatic rings. The first kappa shape index (κ1) is 25.7. The SMILES string of the molecule is O=C(Nc1ccc2c(c1)C(=O)N(C1CCCCC1)C2=O)Nc1cc(S(=O)(=O)N2CCOCC2)ccc1Cl. The zero-order valence-electron chi connectivity index (χ0n) is 20.0. The van der Waals surface area contributed by atoms with E-state index in [2.05, 4.69) is 10.6 Å². The Morgan fingerprint density at radius 1 is 0.919 bits per heavy atom. The number of carbonyl (C=O) groups is 3. The van der Waals surface area contributed by atoms with Crippen LogP contribution < -0.4 is 10.6 Å². The molecule has 0 radical (unpaired) electrons. The Bertz CT molecular complexity index is 1350. The Labute approximate surface area is 219 Å². The van der Waals surface area contributed by atoms with Crippen molar-refractivity contribution in [1.82, 2.24) is 9.21 Å². The van der Waals surface area contributed by atoms with E-state index in [1.54, 1.807) is 6.07 Å². The fraction of sp³-hybridized carbons (Fsp3) is 0.400. The van der Waals surface area contributed by atoms with Gasteiger partial charge in [0.2, 0.25) is 10.0 Å². The highest BCUT2D eigenvalue weighted by atomic mass is 35.5. The van der Waals surface area contributed by atoms with Gasteiger partial charge in [0.1, 0.15) is 0 Å². The number of carbonyl (C=O) groups excluding carboxylic acids is 3. The minimum absolute atomic E-state index is 0.00135. The molecule has 1 saturated heterocycles. The molecule has 5 rings (SSSR count). The summed E-state index contributed by atoms with van der Waals surface area (Å²) in [6.07, 6.45) is 4.69. The van der Waals surface area contributed by atoms with E-state index in [0.717, 1.165) is 32.1 Å². The molecule has 3 aliphatic rings. The van der Waals surface area contributed by atoms with Gasteiger partial charge < -0.3 is 15.4 Å². The number of urea groups is 1. The molecule has 2 aliphatic heterocycles. The number of nitrogens with zero attached hydrogens (tertiary/aromatic N) is 2. The first-order valence-electron chi connectivity index (χ1n) is 12.2. The third-order valence-corrected chi connectivity index (χ3v) is 9.13. The zero-order chi connectivity index (χ0) is 26.2. The molecule has 2 aromatic carbocycles. The molecular formula is C25H27ClN4O6S. The highest BCUT2D eigenvalue weighted by Crippen LogP contribution is 2.33. The second kappa shape index (κ2) is 10.4. The van der Waals surface area contributed by atoms with Crippen LogP contribution in [0.1, 0.15) is 52.8 Å². The van der Waals surface area contributed by atoms with Crippen molar-refractivity contribution in [2.24, 2.45) is 0 Å². The van der Waals surface area contributed by atoms with Crippen molar-refractivity contribution in [1.29, 1.82) is 0 Å². The molecule has 196 valence electrons. The topological polar surface area (TPSA) is 125 Å². The maximum atomic E-state index is 13.0. The fourth-order valence-corrected chi connectivity index (χ4v) is 6.59. The van der Waals surface area contributed by atoms with Crippen molar-refractivity contribution < 1.29 is 27.5 Å². The van der Waals surface area contributed by atoms with Crippen LogP contribution in [0.4, 0.5) is 16.2 Å². The van der Waals surface area contributed by atoms with Crippen molar-refractivity contribution >= 4 is 50.8 Å². The molecule has 37 heavy (non-hydrogen) atoms. The van der Waals surface area contributed by atoms with Gasteiger partial charge in [-0.15, -0.1) is 0 Å². The van der Waals surface area contributed by atoms with Crippen LogP contribution in [0.2, 0.25) is 5.02 Å². The van der Waals surface area contributed by atoms with E-state index in [0.29, 0.717) is 24.5 Å². The number of ether oxygens (including phenoxy) is 1. The van der Waals surface area contributed by atoms with Gasteiger partial charge in [-0.2, -0.15) is 4.31 Å². The number of hydrogen-bond acceptors (Lipinski definition) is 6. The summed E-state index contributed by atoms with van der Waals surface area (Å²) in [6.45, 7) is 1.11. The summed E-state index contributed by atoms with van der Waals surface area (Å²) < 4.78 is 32.5. The van der Waals surface area contributed by atoms with Crippen molar-refractivity contribution in [2.75, 3.05) is 36.9 Å². The fourth-order valence-electron chi connectivity index (χ4n) is 4.99. The van der Waals surface area contributed by atoms with Gasteiger partial charge in [-0.3, -0.25) is 14.5 Å². The number of nitrogens with one attached hydrogen (secondary N) is 2. The van der Waals surface area contributed by atoms with E-state index in [1.165, 1.54) is 39.5 Å². The number of fused-ring (bicyclic) bond motifs is 1. The van der Waals surface area contributed by atoms with Gasteiger partial charge in [0.15, 0.2) is 0 Å². The lowest BCUT2D eigenvalue weighted by atomic mass is 9.94. The largest absolute Gasteiger partial charge is 0.379 e. The van der Waals surface area contributed by atoms with Crippen LogP contribution in [-0.4, -0.2) is 67.8 Å². The molecule has 1 aliphatic carbocycles. The molecule has 10 nitrogen and oxygen atoms in total. The lowest BCUT2D eigenvalue weighted by Crippen LogP contribution is -2.40. The quantitative estimate of drug-likeness (QED) is 0.547. The first-order chi connectivity index (χ1) is 17.8. The van der Waals surface area contributed by atoms with Crippen molar-refractivity contribution in [3.8, 4) is 0 Å². The Morgan fingerprint density at radius 3 is 2.35 bits per heavy atom. The Kier molecular flexibility index (Phi) is 7.21. The van der Waals surface area contributed by atoms with Crippen LogP contribution in [0, 0.1) is 0 Å². The molecule has 12 heteroatoms. The summed E-state index contributed by atoms with van der Waals surface area (Å²) in [5, 5.41) is 5.36. The van der Waals surface area contributed by atoms with Gasteiger partial charge >= 0.3 is 6.03 Å². The molecular weight excluding hydrogens is 520 g/mol. The third-order valence-electron chi connectivity index (χ3n) is 6.91. The molecule has 2 heterocycles. The highest BCUT2D eigenvalue weighted by molar-refractivity contribution is 7.89. The molecule has 0 bridgehead atoms. The van der Waals surface area contributed by atoms with Crippen molar-refractivity contribution in [3.63, 3.8) is 0 Å². The van der Waals surface area contributed by atoms with E-state index in [-0.39, 0.29) is 52.1 Å². The molecule has 4 amide bonds. The first-order valence-corrected chi connectivity index (χ1v) is 14.0. The van der Waals surface area contributed by atoms with Crippen molar-refractivity contribution in [3.05, 3.63) is 52.5 Å². The second-order valence-corrected chi connectivity index (χ2v) is 11.6. The van der Waals surface area contributed by atoms with E-state index in [1.807, 2.05) is 0 Å². The summed E-state index contributed by atoms with van der Waals surface area (Å²) >= 11 is 6.22. The zero-order valence-corrected chi connectivity index (χ0v) is 21.6. The maximum Gasteiger partial charge on any atom is 0.323 e. The smallest absolute Gasteiger partial charge is 0.323 e.